The molecule has 0 saturated heterocycles. The summed E-state index contributed by atoms with van der Waals surface area (Å²) in [7, 11) is 1.50. The molecule has 1 heterocycles. The number of methoxy groups -OCH3 is 1. The van der Waals surface area contributed by atoms with Gasteiger partial charge in [0.1, 0.15) is 35.2 Å². The Bertz CT molecular complexity index is 1000. The molecule has 0 atom stereocenters. The molecular formula is C18H13ClF2N4O2. The van der Waals surface area contributed by atoms with Gasteiger partial charge in [0.15, 0.2) is 0 Å². The predicted octanol–water partition coefficient (Wildman–Crippen LogP) is 4.41. The number of ether oxygens (including phenoxy) is 1. The zero-order valence-electron chi connectivity index (χ0n) is 14.0. The van der Waals surface area contributed by atoms with Crippen molar-refractivity contribution < 1.29 is 18.3 Å². The van der Waals surface area contributed by atoms with Gasteiger partial charge in [-0.3, -0.25) is 4.79 Å². The fourth-order valence-electron chi connectivity index (χ4n) is 2.24. The number of nitrogens with zero attached hydrogens (tertiary/aromatic N) is 2. The molecule has 0 fully saturated rings. The molecule has 0 bridgehead atoms. The van der Waals surface area contributed by atoms with Crippen molar-refractivity contribution in [3.63, 3.8) is 0 Å². The predicted molar refractivity (Wildman–Crippen MR) is 97.6 cm³/mol. The van der Waals surface area contributed by atoms with Gasteiger partial charge in [0, 0.05) is 17.2 Å². The van der Waals surface area contributed by atoms with Crippen LogP contribution in [-0.4, -0.2) is 23.0 Å². The maximum absolute atomic E-state index is 13.7. The van der Waals surface area contributed by atoms with Gasteiger partial charge in [-0.2, -0.15) is 0 Å². The van der Waals surface area contributed by atoms with Gasteiger partial charge >= 0.3 is 0 Å². The molecule has 0 aliphatic carbocycles. The number of anilines is 3. The quantitative estimate of drug-likeness (QED) is 0.674. The van der Waals surface area contributed by atoms with Crippen LogP contribution in [0.5, 0.6) is 5.75 Å². The van der Waals surface area contributed by atoms with Crippen LogP contribution in [0.3, 0.4) is 0 Å². The Morgan fingerprint density at radius 2 is 1.89 bits per heavy atom. The molecule has 3 rings (SSSR count). The Kier molecular flexibility index (Phi) is 5.46. The van der Waals surface area contributed by atoms with Gasteiger partial charge in [0.25, 0.3) is 5.91 Å². The first kappa shape index (κ1) is 18.5. The Morgan fingerprint density at radius 1 is 1.07 bits per heavy atom. The number of carbonyl (C=O) groups excluding carboxylic acids is 1. The summed E-state index contributed by atoms with van der Waals surface area (Å²) in [4.78, 5) is 20.2. The monoisotopic (exact) mass is 390 g/mol. The average molecular weight is 391 g/mol. The normalized spacial score (nSPS) is 10.4. The summed E-state index contributed by atoms with van der Waals surface area (Å²) in [5.74, 6) is -1.48. The molecule has 2 N–H and O–H groups in total. The fourth-order valence-corrected chi connectivity index (χ4v) is 2.42. The van der Waals surface area contributed by atoms with E-state index in [1.807, 2.05) is 0 Å². The minimum absolute atomic E-state index is 0.0165. The van der Waals surface area contributed by atoms with E-state index >= 15 is 0 Å². The lowest BCUT2D eigenvalue weighted by Crippen LogP contribution is -2.15. The standard InChI is InChI=1S/C18H13ClF2N4O2/c1-27-16-5-2-10(19)6-14(16)24-17-8-15(22-9-23-17)18(26)25-13-4-3-11(20)7-12(13)21/h2-9H,1H3,(H,25,26)(H,22,23,24). The lowest BCUT2D eigenvalue weighted by Gasteiger charge is -2.11. The van der Waals surface area contributed by atoms with Crippen LogP contribution in [0.4, 0.5) is 26.0 Å². The van der Waals surface area contributed by atoms with Crippen LogP contribution in [0.25, 0.3) is 0 Å². The second kappa shape index (κ2) is 7.96. The number of benzene rings is 2. The summed E-state index contributed by atoms with van der Waals surface area (Å²) in [6, 6.07) is 9.19. The van der Waals surface area contributed by atoms with E-state index in [-0.39, 0.29) is 11.4 Å². The summed E-state index contributed by atoms with van der Waals surface area (Å²) in [5.41, 5.74) is 0.364. The van der Waals surface area contributed by atoms with Crippen molar-refractivity contribution in [3.8, 4) is 5.75 Å². The second-order valence-electron chi connectivity index (χ2n) is 5.34. The third-order valence-corrected chi connectivity index (χ3v) is 3.74. The molecular weight excluding hydrogens is 378 g/mol. The van der Waals surface area contributed by atoms with Gasteiger partial charge < -0.3 is 15.4 Å². The molecule has 0 radical (unpaired) electrons. The summed E-state index contributed by atoms with van der Waals surface area (Å²) >= 11 is 5.98. The van der Waals surface area contributed by atoms with Crippen LogP contribution < -0.4 is 15.4 Å². The molecule has 3 aromatic rings. The van der Waals surface area contributed by atoms with Crippen LogP contribution in [0.1, 0.15) is 10.5 Å². The first-order valence-corrected chi connectivity index (χ1v) is 8.03. The molecule has 0 unspecified atom stereocenters. The highest BCUT2D eigenvalue weighted by Gasteiger charge is 2.13. The van der Waals surface area contributed by atoms with Gasteiger partial charge in [-0.15, -0.1) is 0 Å². The van der Waals surface area contributed by atoms with E-state index < -0.39 is 17.5 Å². The van der Waals surface area contributed by atoms with Crippen molar-refractivity contribution >= 4 is 34.7 Å². The molecule has 138 valence electrons. The molecule has 0 aliphatic heterocycles. The average Bonchev–Trinajstić information content (AvgIpc) is 2.64. The number of aromatic nitrogens is 2. The molecule has 0 aliphatic rings. The second-order valence-corrected chi connectivity index (χ2v) is 5.77. The van der Waals surface area contributed by atoms with Crippen LogP contribution >= 0.6 is 11.6 Å². The first-order valence-electron chi connectivity index (χ1n) is 7.65. The molecule has 0 saturated carbocycles. The van der Waals surface area contributed by atoms with Crippen molar-refractivity contribution in [1.82, 2.24) is 9.97 Å². The third-order valence-electron chi connectivity index (χ3n) is 3.50. The number of hydrogen-bond acceptors (Lipinski definition) is 5. The number of nitrogens with one attached hydrogen (secondary N) is 2. The lowest BCUT2D eigenvalue weighted by atomic mass is 10.2. The van der Waals surface area contributed by atoms with E-state index in [1.165, 1.54) is 19.5 Å². The van der Waals surface area contributed by atoms with Crippen molar-refractivity contribution in [3.05, 3.63) is 71.1 Å². The highest BCUT2D eigenvalue weighted by Crippen LogP contribution is 2.30. The zero-order chi connectivity index (χ0) is 19.4. The molecule has 9 heteroatoms. The Labute approximate surface area is 158 Å². The number of halogens is 3. The third kappa shape index (κ3) is 4.48. The lowest BCUT2D eigenvalue weighted by molar-refractivity contribution is 0.102. The van der Waals surface area contributed by atoms with E-state index in [2.05, 4.69) is 20.6 Å². The minimum atomic E-state index is -0.889. The van der Waals surface area contributed by atoms with E-state index in [4.69, 9.17) is 16.3 Å². The van der Waals surface area contributed by atoms with Crippen LogP contribution in [0, 0.1) is 11.6 Å². The van der Waals surface area contributed by atoms with Crippen LogP contribution in [0.15, 0.2) is 48.8 Å². The maximum Gasteiger partial charge on any atom is 0.274 e. The van der Waals surface area contributed by atoms with Crippen molar-refractivity contribution in [2.45, 2.75) is 0 Å². The van der Waals surface area contributed by atoms with Crippen molar-refractivity contribution in [1.29, 1.82) is 0 Å². The molecule has 1 aromatic heterocycles. The van der Waals surface area contributed by atoms with Gasteiger partial charge in [0.2, 0.25) is 0 Å². The Hall–Kier alpha value is -3.26. The summed E-state index contributed by atoms with van der Waals surface area (Å²) < 4.78 is 31.9. The van der Waals surface area contributed by atoms with Gasteiger partial charge in [-0.05, 0) is 30.3 Å². The Balaban J connectivity index is 1.81. The maximum atomic E-state index is 13.7. The van der Waals surface area contributed by atoms with Crippen LogP contribution in [0.2, 0.25) is 5.02 Å². The topological polar surface area (TPSA) is 76.1 Å². The highest BCUT2D eigenvalue weighted by molar-refractivity contribution is 6.31. The number of amides is 1. The van der Waals surface area contributed by atoms with E-state index in [0.29, 0.717) is 28.3 Å². The molecule has 27 heavy (non-hydrogen) atoms. The smallest absolute Gasteiger partial charge is 0.274 e. The van der Waals surface area contributed by atoms with E-state index in [9.17, 15) is 13.6 Å². The SMILES string of the molecule is COc1ccc(Cl)cc1Nc1cc(C(=O)Nc2ccc(F)cc2F)ncn1. The summed E-state index contributed by atoms with van der Waals surface area (Å²) in [5, 5.41) is 5.79. The largest absolute Gasteiger partial charge is 0.495 e. The van der Waals surface area contributed by atoms with Crippen molar-refractivity contribution in [2.75, 3.05) is 17.7 Å². The molecule has 2 aromatic carbocycles. The van der Waals surface area contributed by atoms with Crippen molar-refractivity contribution in [2.24, 2.45) is 0 Å². The van der Waals surface area contributed by atoms with E-state index in [1.54, 1.807) is 18.2 Å². The fraction of sp³-hybridized carbons (Fsp3) is 0.0556. The molecule has 6 nitrogen and oxygen atoms in total. The number of hydrogen-bond donors (Lipinski definition) is 2. The van der Waals surface area contributed by atoms with Gasteiger partial charge in [-0.25, -0.2) is 18.7 Å². The van der Waals surface area contributed by atoms with E-state index in [0.717, 1.165) is 12.1 Å². The summed E-state index contributed by atoms with van der Waals surface area (Å²) in [6.07, 6.45) is 1.18. The zero-order valence-corrected chi connectivity index (χ0v) is 14.7. The minimum Gasteiger partial charge on any atom is -0.495 e. The molecule has 1 amide bonds. The van der Waals surface area contributed by atoms with Crippen LogP contribution in [-0.2, 0) is 0 Å². The summed E-state index contributed by atoms with van der Waals surface area (Å²) in [6.45, 7) is 0. The Morgan fingerprint density at radius 3 is 2.63 bits per heavy atom. The van der Waals surface area contributed by atoms with Gasteiger partial charge in [-0.1, -0.05) is 11.6 Å². The number of carbonyl (C=O) groups is 1. The number of rotatable bonds is 5. The molecule has 0 spiro atoms. The highest BCUT2D eigenvalue weighted by atomic mass is 35.5. The van der Waals surface area contributed by atoms with Gasteiger partial charge in [0.05, 0.1) is 18.5 Å². The first-order chi connectivity index (χ1) is 13.0.